The third-order valence-corrected chi connectivity index (χ3v) is 5.39. The zero-order chi connectivity index (χ0) is 14.2. The highest BCUT2D eigenvalue weighted by Crippen LogP contribution is 2.39. The van der Waals surface area contributed by atoms with Crippen LogP contribution in [0.3, 0.4) is 0 Å². The molecule has 0 radical (unpaired) electrons. The number of ether oxygens (including phenoxy) is 1. The average Bonchev–Trinajstić information content (AvgIpc) is 3.03. The zero-order valence-corrected chi connectivity index (χ0v) is 13.7. The van der Waals surface area contributed by atoms with E-state index in [1.165, 1.54) is 41.3 Å². The predicted octanol–water partition coefficient (Wildman–Crippen LogP) is 3.80. The fraction of sp³-hybridized carbons (Fsp3) is 0.812. The summed E-state index contributed by atoms with van der Waals surface area (Å²) in [4.78, 5) is 6.48. The topological polar surface area (TPSA) is 34.1 Å². The number of nitrogens with zero attached hydrogens (tertiary/aromatic N) is 1. The first kappa shape index (κ1) is 14.5. The van der Waals surface area contributed by atoms with Gasteiger partial charge in [0.2, 0.25) is 0 Å². The van der Waals surface area contributed by atoms with Crippen LogP contribution in [0.5, 0.6) is 0 Å². The molecule has 1 aromatic rings. The number of rotatable bonds is 3. The molecule has 2 heterocycles. The van der Waals surface area contributed by atoms with Gasteiger partial charge in [0.25, 0.3) is 0 Å². The zero-order valence-electron chi connectivity index (χ0n) is 12.9. The Kier molecular flexibility index (Phi) is 4.16. The molecular formula is C16H26N2OS. The van der Waals surface area contributed by atoms with Crippen molar-refractivity contribution in [3.63, 3.8) is 0 Å². The molecule has 0 spiro atoms. The van der Waals surface area contributed by atoms with Crippen LogP contribution in [0.1, 0.15) is 74.1 Å². The molecule has 3 nitrogen and oxygen atoms in total. The van der Waals surface area contributed by atoms with Gasteiger partial charge in [-0.3, -0.25) is 0 Å². The minimum absolute atomic E-state index is 0.186. The predicted molar refractivity (Wildman–Crippen MR) is 83.5 cm³/mol. The Hall–Kier alpha value is -0.450. The number of fused-ring (bicyclic) bond motifs is 1. The van der Waals surface area contributed by atoms with E-state index in [0.717, 1.165) is 19.6 Å². The molecule has 2 aliphatic rings. The van der Waals surface area contributed by atoms with E-state index in [9.17, 15) is 0 Å². The molecule has 1 aromatic heterocycles. The van der Waals surface area contributed by atoms with Crippen LogP contribution in [-0.4, -0.2) is 23.7 Å². The van der Waals surface area contributed by atoms with Crippen LogP contribution in [0.15, 0.2) is 0 Å². The van der Waals surface area contributed by atoms with Gasteiger partial charge >= 0.3 is 0 Å². The molecule has 112 valence electrons. The van der Waals surface area contributed by atoms with Gasteiger partial charge < -0.3 is 10.1 Å². The third kappa shape index (κ3) is 3.23. The molecule has 1 fully saturated rings. The van der Waals surface area contributed by atoms with Crippen LogP contribution in [0, 0.1) is 0 Å². The lowest BCUT2D eigenvalue weighted by molar-refractivity contribution is 0.111. The Balaban J connectivity index is 1.74. The van der Waals surface area contributed by atoms with Crippen LogP contribution in [0.4, 0.5) is 0 Å². The summed E-state index contributed by atoms with van der Waals surface area (Å²) in [5, 5.41) is 4.88. The molecule has 1 N–H and O–H groups in total. The first-order valence-corrected chi connectivity index (χ1v) is 8.71. The number of nitrogens with one attached hydrogen (secondary N) is 1. The van der Waals surface area contributed by atoms with Gasteiger partial charge in [-0.25, -0.2) is 4.98 Å². The Morgan fingerprint density at radius 3 is 2.85 bits per heavy atom. The number of aromatic nitrogens is 1. The molecule has 0 amide bonds. The minimum Gasteiger partial charge on any atom is -0.371 e. The summed E-state index contributed by atoms with van der Waals surface area (Å²) in [7, 11) is 0. The molecule has 1 aliphatic heterocycles. The fourth-order valence-electron chi connectivity index (χ4n) is 3.06. The summed E-state index contributed by atoms with van der Waals surface area (Å²) >= 11 is 1.91. The van der Waals surface area contributed by atoms with Crippen molar-refractivity contribution in [1.29, 1.82) is 0 Å². The summed E-state index contributed by atoms with van der Waals surface area (Å²) in [6, 6.07) is 0. The van der Waals surface area contributed by atoms with E-state index in [0.29, 0.717) is 5.92 Å². The Morgan fingerprint density at radius 2 is 2.15 bits per heavy atom. The minimum atomic E-state index is 0.186. The van der Waals surface area contributed by atoms with Crippen LogP contribution in [-0.2, 0) is 11.2 Å². The smallest absolute Gasteiger partial charge is 0.122 e. The lowest BCUT2D eigenvalue weighted by Gasteiger charge is -2.27. The van der Waals surface area contributed by atoms with E-state index >= 15 is 0 Å². The molecule has 0 saturated carbocycles. The number of hydrogen-bond acceptors (Lipinski definition) is 4. The summed E-state index contributed by atoms with van der Waals surface area (Å²) in [6.07, 6.45) is 6.40. The van der Waals surface area contributed by atoms with Gasteiger partial charge in [-0.05, 0) is 52.9 Å². The van der Waals surface area contributed by atoms with E-state index < -0.39 is 0 Å². The van der Waals surface area contributed by atoms with Crippen molar-refractivity contribution in [2.45, 2.75) is 70.4 Å². The largest absolute Gasteiger partial charge is 0.371 e. The maximum absolute atomic E-state index is 5.80. The van der Waals surface area contributed by atoms with Gasteiger partial charge in [0, 0.05) is 29.5 Å². The standard InChI is InChI=1S/C16H26N2OS/c1-16(2,3)17-10-11-6-4-8-13-14(11)18-15(20-13)12-7-5-9-19-12/h11-12,17H,4-10H2,1-3H3. The van der Waals surface area contributed by atoms with E-state index in [-0.39, 0.29) is 11.6 Å². The van der Waals surface area contributed by atoms with Crippen LogP contribution in [0.25, 0.3) is 0 Å². The van der Waals surface area contributed by atoms with Gasteiger partial charge in [0.1, 0.15) is 11.1 Å². The number of aryl methyl sites for hydroxylation is 1. The van der Waals surface area contributed by atoms with Crippen molar-refractivity contribution in [1.82, 2.24) is 10.3 Å². The first-order chi connectivity index (χ1) is 9.53. The maximum atomic E-state index is 5.80. The molecule has 1 aliphatic carbocycles. The van der Waals surface area contributed by atoms with E-state index in [4.69, 9.17) is 9.72 Å². The first-order valence-electron chi connectivity index (χ1n) is 7.89. The molecular weight excluding hydrogens is 268 g/mol. The van der Waals surface area contributed by atoms with Crippen LogP contribution < -0.4 is 5.32 Å². The third-order valence-electron chi connectivity index (χ3n) is 4.17. The van der Waals surface area contributed by atoms with E-state index in [1.54, 1.807) is 0 Å². The normalized spacial score (nSPS) is 26.8. The van der Waals surface area contributed by atoms with Gasteiger partial charge in [-0.2, -0.15) is 0 Å². The monoisotopic (exact) mass is 294 g/mol. The molecule has 4 heteroatoms. The summed E-state index contributed by atoms with van der Waals surface area (Å²) in [5.41, 5.74) is 1.55. The summed E-state index contributed by atoms with van der Waals surface area (Å²) in [6.45, 7) is 8.65. The Bertz CT molecular complexity index is 458. The van der Waals surface area contributed by atoms with Gasteiger partial charge in [0.05, 0.1) is 5.69 Å². The second-order valence-corrected chi connectivity index (χ2v) is 8.20. The highest BCUT2D eigenvalue weighted by Gasteiger charge is 2.29. The fourth-order valence-corrected chi connectivity index (χ4v) is 4.34. The second-order valence-electron chi connectivity index (χ2n) is 7.08. The van der Waals surface area contributed by atoms with Gasteiger partial charge in [0.15, 0.2) is 0 Å². The molecule has 2 unspecified atom stereocenters. The van der Waals surface area contributed by atoms with Crippen molar-refractivity contribution >= 4 is 11.3 Å². The second kappa shape index (κ2) is 5.74. The number of hydrogen-bond donors (Lipinski definition) is 1. The molecule has 1 saturated heterocycles. The molecule has 3 rings (SSSR count). The van der Waals surface area contributed by atoms with Crippen LogP contribution >= 0.6 is 11.3 Å². The van der Waals surface area contributed by atoms with Crippen molar-refractivity contribution in [3.8, 4) is 0 Å². The molecule has 2 atom stereocenters. The van der Waals surface area contributed by atoms with Gasteiger partial charge in [-0.1, -0.05) is 0 Å². The highest BCUT2D eigenvalue weighted by molar-refractivity contribution is 7.11. The lowest BCUT2D eigenvalue weighted by Crippen LogP contribution is -2.39. The SMILES string of the molecule is CC(C)(C)NCC1CCCc2sc(C3CCCO3)nc21. The number of thiazole rings is 1. The van der Waals surface area contributed by atoms with E-state index in [2.05, 4.69) is 26.1 Å². The molecule has 20 heavy (non-hydrogen) atoms. The van der Waals surface area contributed by atoms with Crippen molar-refractivity contribution in [3.05, 3.63) is 15.6 Å². The summed E-state index contributed by atoms with van der Waals surface area (Å²) < 4.78 is 5.80. The molecule has 0 bridgehead atoms. The van der Waals surface area contributed by atoms with Crippen molar-refractivity contribution in [2.24, 2.45) is 0 Å². The quantitative estimate of drug-likeness (QED) is 0.920. The van der Waals surface area contributed by atoms with Crippen molar-refractivity contribution < 1.29 is 4.74 Å². The Morgan fingerprint density at radius 1 is 1.30 bits per heavy atom. The van der Waals surface area contributed by atoms with Crippen molar-refractivity contribution in [2.75, 3.05) is 13.2 Å². The Labute approximate surface area is 126 Å². The van der Waals surface area contributed by atoms with E-state index in [1.807, 2.05) is 11.3 Å². The van der Waals surface area contributed by atoms with Crippen LogP contribution in [0.2, 0.25) is 0 Å². The lowest BCUT2D eigenvalue weighted by atomic mass is 9.90. The molecule has 0 aromatic carbocycles. The average molecular weight is 294 g/mol. The summed E-state index contributed by atoms with van der Waals surface area (Å²) in [5.74, 6) is 0.587. The highest BCUT2D eigenvalue weighted by atomic mass is 32.1. The maximum Gasteiger partial charge on any atom is 0.122 e. The van der Waals surface area contributed by atoms with Gasteiger partial charge in [-0.15, -0.1) is 11.3 Å².